The van der Waals surface area contributed by atoms with E-state index in [-0.39, 0.29) is 31.1 Å². The van der Waals surface area contributed by atoms with E-state index in [0.29, 0.717) is 0 Å². The fourth-order valence-corrected chi connectivity index (χ4v) is 3.09. The number of amides is 2. The Morgan fingerprint density at radius 2 is 2.04 bits per heavy atom. The zero-order valence-corrected chi connectivity index (χ0v) is 15.1. The van der Waals surface area contributed by atoms with Gasteiger partial charge in [0.2, 0.25) is 11.8 Å². The van der Waals surface area contributed by atoms with Gasteiger partial charge in [0.15, 0.2) is 0 Å². The third kappa shape index (κ3) is 5.22. The molecule has 2 N–H and O–H groups in total. The maximum atomic E-state index is 13.2. The molecule has 0 bridgehead atoms. The van der Waals surface area contributed by atoms with Crippen LogP contribution in [0.4, 0.5) is 27.6 Å². The maximum absolute atomic E-state index is 13.2. The number of hydrogen-bond donors (Lipinski definition) is 2. The van der Waals surface area contributed by atoms with E-state index in [1.54, 1.807) is 0 Å². The minimum atomic E-state index is -4.86. The lowest BCUT2D eigenvalue weighted by Crippen LogP contribution is -2.48. The molecule has 2 aliphatic heterocycles. The van der Waals surface area contributed by atoms with Crippen molar-refractivity contribution >= 4 is 29.9 Å². The second kappa shape index (κ2) is 8.08. The topological polar surface area (TPSA) is 70.7 Å². The molecule has 0 radical (unpaired) electrons. The van der Waals surface area contributed by atoms with E-state index in [2.05, 4.69) is 15.4 Å². The Balaban J connectivity index is 0.00000280. The van der Waals surface area contributed by atoms with E-state index in [1.165, 1.54) is 17.0 Å². The first kappa shape index (κ1) is 22.2. The monoisotopic (exact) mass is 429 g/mol. The molecule has 2 saturated heterocycles. The lowest BCUT2D eigenvalue weighted by Gasteiger charge is -2.19. The predicted molar refractivity (Wildman–Crippen MR) is 90.6 cm³/mol. The first-order valence-corrected chi connectivity index (χ1v) is 8.13. The van der Waals surface area contributed by atoms with Crippen LogP contribution in [0.3, 0.4) is 0 Å². The first-order valence-electron chi connectivity index (χ1n) is 8.13. The summed E-state index contributed by atoms with van der Waals surface area (Å²) in [5, 5.41) is 4.82. The zero-order valence-electron chi connectivity index (χ0n) is 14.3. The number of carbonyl (C=O) groups is 2. The van der Waals surface area contributed by atoms with Crippen molar-refractivity contribution in [3.63, 3.8) is 0 Å². The van der Waals surface area contributed by atoms with Gasteiger partial charge in [-0.25, -0.2) is 8.78 Å². The molecule has 156 valence electrons. The van der Waals surface area contributed by atoms with Gasteiger partial charge in [-0.3, -0.25) is 14.9 Å². The number of nitrogens with zero attached hydrogens (tertiary/aromatic N) is 1. The van der Waals surface area contributed by atoms with Crippen molar-refractivity contribution in [2.45, 2.75) is 37.2 Å². The molecule has 0 aliphatic carbocycles. The van der Waals surface area contributed by atoms with Gasteiger partial charge in [-0.2, -0.15) is 0 Å². The molecular formula is C16H17ClF5N3O3. The largest absolute Gasteiger partial charge is 0.573 e. The number of ether oxygens (including phenoxy) is 1. The average Bonchev–Trinajstić information content (AvgIpc) is 3.09. The van der Waals surface area contributed by atoms with E-state index in [0.717, 1.165) is 12.1 Å². The van der Waals surface area contributed by atoms with Gasteiger partial charge in [0.05, 0.1) is 12.6 Å². The predicted octanol–water partition coefficient (Wildman–Crippen LogP) is 2.23. The molecule has 6 nitrogen and oxygen atoms in total. The Morgan fingerprint density at radius 1 is 1.32 bits per heavy atom. The molecule has 1 aromatic carbocycles. The first-order chi connectivity index (χ1) is 12.5. The van der Waals surface area contributed by atoms with Crippen LogP contribution in [0.5, 0.6) is 5.75 Å². The van der Waals surface area contributed by atoms with Crippen molar-refractivity contribution in [2.75, 3.05) is 18.0 Å². The van der Waals surface area contributed by atoms with Crippen LogP contribution >= 0.6 is 12.4 Å². The molecule has 2 amide bonds. The fraction of sp³-hybridized carbons (Fsp3) is 0.500. The van der Waals surface area contributed by atoms with Gasteiger partial charge in [0, 0.05) is 24.7 Å². The third-order valence-corrected chi connectivity index (χ3v) is 4.31. The van der Waals surface area contributed by atoms with Crippen LogP contribution in [-0.4, -0.2) is 49.3 Å². The fourth-order valence-electron chi connectivity index (χ4n) is 3.09. The quantitative estimate of drug-likeness (QED) is 0.720. The Labute approximate surface area is 162 Å². The Hall–Kier alpha value is -2.14. The number of halogens is 6. The molecule has 0 aromatic heterocycles. The highest BCUT2D eigenvalue weighted by atomic mass is 35.5. The van der Waals surface area contributed by atoms with E-state index in [1.807, 2.05) is 0 Å². The normalized spacial score (nSPS) is 24.0. The summed E-state index contributed by atoms with van der Waals surface area (Å²) in [6.07, 6.45) is -5.31. The molecule has 1 aromatic rings. The van der Waals surface area contributed by atoms with Gasteiger partial charge in [-0.15, -0.1) is 25.6 Å². The highest BCUT2D eigenvalue weighted by Gasteiger charge is 2.44. The molecule has 3 rings (SSSR count). The Morgan fingerprint density at radius 3 is 2.64 bits per heavy atom. The molecule has 0 saturated carbocycles. The minimum absolute atomic E-state index is 0. The Bertz CT molecular complexity index is 746. The van der Waals surface area contributed by atoms with Gasteiger partial charge in [-0.1, -0.05) is 6.07 Å². The van der Waals surface area contributed by atoms with Crippen molar-refractivity contribution in [1.29, 1.82) is 0 Å². The average molecular weight is 430 g/mol. The van der Waals surface area contributed by atoms with Gasteiger partial charge >= 0.3 is 6.36 Å². The molecular weight excluding hydrogens is 413 g/mol. The van der Waals surface area contributed by atoms with Crippen molar-refractivity contribution in [3.05, 3.63) is 24.3 Å². The number of anilines is 1. The summed E-state index contributed by atoms with van der Waals surface area (Å²) in [5.41, 5.74) is 0.184. The zero-order chi connectivity index (χ0) is 19.8. The molecule has 28 heavy (non-hydrogen) atoms. The van der Waals surface area contributed by atoms with E-state index < -0.39 is 54.9 Å². The summed E-state index contributed by atoms with van der Waals surface area (Å²) in [5.74, 6) is -4.69. The van der Waals surface area contributed by atoms with Crippen molar-refractivity contribution in [1.82, 2.24) is 10.6 Å². The molecule has 12 heteroatoms. The minimum Gasteiger partial charge on any atom is -0.406 e. The molecule has 2 unspecified atom stereocenters. The van der Waals surface area contributed by atoms with Crippen LogP contribution in [0.1, 0.15) is 12.8 Å². The Kier molecular flexibility index (Phi) is 6.39. The summed E-state index contributed by atoms with van der Waals surface area (Å²) in [6, 6.07) is 2.88. The standard InChI is InChI=1S/C16H16F5N3O3.ClH/c17-15(18)7-12(22-8-15)13(25)23-11-4-5-24(14(11)26)9-2-1-3-10(6-9)27-16(19,20)21;/h1-3,6,11-12,22H,4-5,7-8H2,(H,23,25);1H. The molecule has 2 atom stereocenters. The highest BCUT2D eigenvalue weighted by molar-refractivity contribution is 6.01. The summed E-state index contributed by atoms with van der Waals surface area (Å²) in [6.45, 7) is -0.449. The summed E-state index contributed by atoms with van der Waals surface area (Å²) in [7, 11) is 0. The molecule has 2 heterocycles. The summed E-state index contributed by atoms with van der Waals surface area (Å²) in [4.78, 5) is 25.7. The summed E-state index contributed by atoms with van der Waals surface area (Å²) < 4.78 is 67.2. The highest BCUT2D eigenvalue weighted by Crippen LogP contribution is 2.29. The number of alkyl halides is 5. The van der Waals surface area contributed by atoms with Gasteiger partial charge in [-0.05, 0) is 18.6 Å². The van der Waals surface area contributed by atoms with Gasteiger partial charge in [0.25, 0.3) is 5.92 Å². The van der Waals surface area contributed by atoms with Crippen LogP contribution < -0.4 is 20.3 Å². The van der Waals surface area contributed by atoms with E-state index in [9.17, 15) is 31.5 Å². The molecule has 0 spiro atoms. The van der Waals surface area contributed by atoms with Crippen LogP contribution in [0.25, 0.3) is 0 Å². The second-order valence-electron chi connectivity index (χ2n) is 6.38. The second-order valence-corrected chi connectivity index (χ2v) is 6.38. The van der Waals surface area contributed by atoms with Gasteiger partial charge < -0.3 is 15.0 Å². The summed E-state index contributed by atoms with van der Waals surface area (Å²) >= 11 is 0. The van der Waals surface area contributed by atoms with Crippen LogP contribution in [0, 0.1) is 0 Å². The lowest BCUT2D eigenvalue weighted by atomic mass is 10.1. The molecule has 2 aliphatic rings. The van der Waals surface area contributed by atoms with Gasteiger partial charge in [0.1, 0.15) is 11.8 Å². The van der Waals surface area contributed by atoms with E-state index in [4.69, 9.17) is 0 Å². The van der Waals surface area contributed by atoms with Crippen LogP contribution in [-0.2, 0) is 9.59 Å². The molecule has 2 fully saturated rings. The maximum Gasteiger partial charge on any atom is 0.573 e. The van der Waals surface area contributed by atoms with Crippen molar-refractivity contribution in [2.24, 2.45) is 0 Å². The number of carbonyl (C=O) groups excluding carboxylic acids is 2. The van der Waals surface area contributed by atoms with Crippen molar-refractivity contribution < 1.29 is 36.3 Å². The number of benzene rings is 1. The lowest BCUT2D eigenvalue weighted by molar-refractivity contribution is -0.274. The van der Waals surface area contributed by atoms with Crippen LogP contribution in [0.2, 0.25) is 0 Å². The number of hydrogen-bond acceptors (Lipinski definition) is 4. The number of rotatable bonds is 4. The third-order valence-electron chi connectivity index (χ3n) is 4.31. The van der Waals surface area contributed by atoms with Crippen molar-refractivity contribution in [3.8, 4) is 5.75 Å². The SMILES string of the molecule is Cl.O=C(NC1CCN(c2cccc(OC(F)(F)F)c2)C1=O)C1CC(F)(F)CN1. The smallest absolute Gasteiger partial charge is 0.406 e. The van der Waals surface area contributed by atoms with E-state index >= 15 is 0 Å². The van der Waals surface area contributed by atoms with Crippen LogP contribution in [0.15, 0.2) is 24.3 Å². The number of nitrogens with one attached hydrogen (secondary N) is 2.